The van der Waals surface area contributed by atoms with Crippen LogP contribution in [0.15, 0.2) is 46.4 Å². The number of hydrogen-bond acceptors (Lipinski definition) is 8. The van der Waals surface area contributed by atoms with Crippen molar-refractivity contribution < 1.29 is 46.8 Å². The van der Waals surface area contributed by atoms with Gasteiger partial charge in [0.25, 0.3) is 0 Å². The fraction of sp³-hybridized carbons (Fsp3) is 0.484. The molecule has 0 heterocycles. The molecule has 0 aliphatic heterocycles. The number of carboxylic acid groups (broad SMARTS) is 2. The number of aromatic hydroxyl groups is 2. The third-order valence-corrected chi connectivity index (χ3v) is 7.10. The summed E-state index contributed by atoms with van der Waals surface area (Å²) in [5.74, 6) is -0.164. The van der Waals surface area contributed by atoms with Crippen molar-refractivity contribution in [2.45, 2.75) is 90.6 Å². The predicted molar refractivity (Wildman–Crippen MR) is 149 cm³/mol. The first-order valence-electron chi connectivity index (χ1n) is 13.3. The molecule has 0 saturated heterocycles. The first-order valence-corrected chi connectivity index (χ1v) is 13.3. The Balaban J connectivity index is 0.000000789. The number of carboxylic acids is 2. The first kappa shape index (κ1) is 34.9. The summed E-state index contributed by atoms with van der Waals surface area (Å²) in [6.45, 7) is 10.5. The molecule has 2 aliphatic rings. The summed E-state index contributed by atoms with van der Waals surface area (Å²) in [5, 5.41) is 38.4. The molecule has 0 spiro atoms. The van der Waals surface area contributed by atoms with E-state index >= 15 is 0 Å². The zero-order chi connectivity index (χ0) is 29.3. The molecule has 3 atom stereocenters. The van der Waals surface area contributed by atoms with Crippen LogP contribution in [-0.2, 0) is 26.4 Å². The summed E-state index contributed by atoms with van der Waals surface area (Å²) < 4.78 is 0. The van der Waals surface area contributed by atoms with Crippen LogP contribution in [0, 0.1) is 5.92 Å². The Morgan fingerprint density at radius 3 is 1.77 bits per heavy atom. The molecule has 3 unspecified atom stereocenters. The number of rotatable bonds is 6. The quantitative estimate of drug-likeness (QED) is 0.487. The van der Waals surface area contributed by atoms with E-state index in [9.17, 15) is 10.2 Å². The minimum Gasteiger partial charge on any atom is -0.550 e. The van der Waals surface area contributed by atoms with E-state index in [2.05, 4.69) is 27.7 Å². The van der Waals surface area contributed by atoms with Gasteiger partial charge in [-0.1, -0.05) is 39.8 Å². The number of carbonyl (C=O) groups excluding carboxylic acids is 2. The predicted octanol–water partition coefficient (Wildman–Crippen LogP) is 3.70. The fourth-order valence-electron chi connectivity index (χ4n) is 5.04. The van der Waals surface area contributed by atoms with Crippen LogP contribution in [0.25, 0.3) is 0 Å². The SMILES string of the molecule is CC(=O)[O-].CC(=O)[O-].CC(C)c1ccc(O)c(C=NC2CC3CCC2(N=Cc2cc(C(C)C)ccc2O)C3)c1.[Co+2]. The van der Waals surface area contributed by atoms with Crippen molar-refractivity contribution in [2.24, 2.45) is 15.9 Å². The number of benzene rings is 2. The number of aliphatic imine (C=N–C) groups is 2. The van der Waals surface area contributed by atoms with Crippen LogP contribution in [0.2, 0.25) is 0 Å². The zero-order valence-electron chi connectivity index (χ0n) is 24.0. The van der Waals surface area contributed by atoms with E-state index in [0.717, 1.165) is 44.2 Å². The molecule has 40 heavy (non-hydrogen) atoms. The molecule has 4 rings (SSSR count). The summed E-state index contributed by atoms with van der Waals surface area (Å²) in [5.41, 5.74) is 3.74. The van der Waals surface area contributed by atoms with Crippen molar-refractivity contribution in [3.8, 4) is 11.5 Å². The van der Waals surface area contributed by atoms with Crippen molar-refractivity contribution >= 4 is 24.4 Å². The van der Waals surface area contributed by atoms with E-state index in [1.165, 1.54) is 17.5 Å². The van der Waals surface area contributed by atoms with E-state index in [1.54, 1.807) is 12.1 Å². The summed E-state index contributed by atoms with van der Waals surface area (Å²) >= 11 is 0. The smallest absolute Gasteiger partial charge is 0.550 e. The minimum absolute atomic E-state index is 0. The van der Waals surface area contributed by atoms with Gasteiger partial charge in [-0.3, -0.25) is 9.98 Å². The molecule has 8 nitrogen and oxygen atoms in total. The Hall–Kier alpha value is -3.17. The third kappa shape index (κ3) is 10.1. The second-order valence-corrected chi connectivity index (χ2v) is 10.9. The maximum Gasteiger partial charge on any atom is 2.00 e. The molecule has 2 N–H and O–H groups in total. The number of nitrogens with zero attached hydrogens (tertiary/aromatic N) is 2. The average molecular weight is 596 g/mol. The van der Waals surface area contributed by atoms with Crippen molar-refractivity contribution in [3.05, 3.63) is 58.7 Å². The Morgan fingerprint density at radius 1 is 0.900 bits per heavy atom. The van der Waals surface area contributed by atoms with Crippen LogP contribution in [0.5, 0.6) is 11.5 Å². The second-order valence-electron chi connectivity index (χ2n) is 10.9. The van der Waals surface area contributed by atoms with Crippen LogP contribution in [0.3, 0.4) is 0 Å². The van der Waals surface area contributed by atoms with E-state index in [-0.39, 0.29) is 39.9 Å². The van der Waals surface area contributed by atoms with Gasteiger partial charge in [-0.25, -0.2) is 0 Å². The van der Waals surface area contributed by atoms with E-state index in [1.807, 2.05) is 36.7 Å². The van der Waals surface area contributed by atoms with Crippen LogP contribution in [0.4, 0.5) is 0 Å². The molecule has 9 heteroatoms. The van der Waals surface area contributed by atoms with Crippen molar-refractivity contribution in [2.75, 3.05) is 0 Å². The number of hydrogen-bond donors (Lipinski definition) is 2. The van der Waals surface area contributed by atoms with E-state index < -0.39 is 11.9 Å². The van der Waals surface area contributed by atoms with Gasteiger partial charge in [-0.15, -0.1) is 0 Å². The standard InChI is InChI=1S/C27H34N2O2.2C2H4O2.Co/c1-17(2)20-5-7-24(30)22(12-20)15-28-26-11-19-9-10-27(26,14-19)29-16-23-13-21(18(3)4)6-8-25(23)31;2*1-2(3)4;/h5-8,12-13,15-19,26,30-31H,9-11,14H2,1-4H3;2*1H3,(H,3,4);/q;;;+2/p-2. The minimum atomic E-state index is -1.08. The number of phenols is 2. The van der Waals surface area contributed by atoms with Crippen LogP contribution in [0.1, 0.15) is 101 Å². The summed E-state index contributed by atoms with van der Waals surface area (Å²) in [6, 6.07) is 11.6. The van der Waals surface area contributed by atoms with Crippen LogP contribution in [-0.4, -0.2) is 46.2 Å². The molecule has 0 aromatic heterocycles. The van der Waals surface area contributed by atoms with Crippen molar-refractivity contribution in [1.29, 1.82) is 0 Å². The van der Waals surface area contributed by atoms with Gasteiger partial charge in [0.2, 0.25) is 0 Å². The molecule has 2 aromatic carbocycles. The average Bonchev–Trinajstić information content (AvgIpc) is 3.40. The monoisotopic (exact) mass is 595 g/mol. The van der Waals surface area contributed by atoms with E-state index in [0.29, 0.717) is 17.8 Å². The van der Waals surface area contributed by atoms with Crippen LogP contribution >= 0.6 is 0 Å². The van der Waals surface area contributed by atoms with Gasteiger partial charge < -0.3 is 30.0 Å². The maximum absolute atomic E-state index is 10.3. The fourth-order valence-corrected chi connectivity index (χ4v) is 5.04. The number of phenolic OH excluding ortho intramolecular Hbond substituents is 2. The molecule has 219 valence electrons. The molecule has 2 bridgehead atoms. The maximum atomic E-state index is 10.3. The van der Waals surface area contributed by atoms with Crippen LogP contribution < -0.4 is 10.2 Å². The molecule has 2 saturated carbocycles. The molecule has 2 aromatic rings. The molecular weight excluding hydrogens is 555 g/mol. The van der Waals surface area contributed by atoms with Gasteiger partial charge in [-0.05, 0) is 92.7 Å². The van der Waals surface area contributed by atoms with Gasteiger partial charge in [-0.2, -0.15) is 0 Å². The van der Waals surface area contributed by atoms with E-state index in [4.69, 9.17) is 29.8 Å². The van der Waals surface area contributed by atoms with Gasteiger partial charge in [0.15, 0.2) is 0 Å². The first-order chi connectivity index (χ1) is 18.2. The summed E-state index contributed by atoms with van der Waals surface area (Å²) in [4.78, 5) is 27.8. The Morgan fingerprint density at radius 2 is 1.35 bits per heavy atom. The Kier molecular flexibility index (Phi) is 13.6. The number of aliphatic carboxylic acids is 2. The second kappa shape index (κ2) is 15.6. The molecular formula is C31H40CoN2O6. The normalized spacial score (nSPS) is 21.1. The molecule has 2 aliphatic carbocycles. The van der Waals surface area contributed by atoms with Gasteiger partial charge >= 0.3 is 16.8 Å². The third-order valence-electron chi connectivity index (χ3n) is 7.10. The Bertz CT molecular complexity index is 1190. The summed E-state index contributed by atoms with van der Waals surface area (Å²) in [7, 11) is 0. The Labute approximate surface area is 247 Å². The summed E-state index contributed by atoms with van der Waals surface area (Å²) in [6.07, 6.45) is 7.99. The molecule has 1 radical (unpaired) electrons. The molecule has 0 amide bonds. The van der Waals surface area contributed by atoms with Crippen molar-refractivity contribution in [3.63, 3.8) is 0 Å². The number of fused-ring (bicyclic) bond motifs is 2. The largest absolute Gasteiger partial charge is 2.00 e. The van der Waals surface area contributed by atoms with Gasteiger partial charge in [0.1, 0.15) is 11.5 Å². The van der Waals surface area contributed by atoms with Gasteiger partial charge in [0.05, 0.1) is 11.6 Å². The van der Waals surface area contributed by atoms with Gasteiger partial charge in [0, 0.05) is 35.5 Å². The number of carbonyl (C=O) groups is 2. The topological polar surface area (TPSA) is 145 Å². The van der Waals surface area contributed by atoms with Crippen molar-refractivity contribution in [1.82, 2.24) is 0 Å². The zero-order valence-corrected chi connectivity index (χ0v) is 25.1. The molecule has 2 fully saturated rings.